The van der Waals surface area contributed by atoms with Crippen LogP contribution in [0.25, 0.3) is 0 Å². The molecule has 0 aromatic carbocycles. The van der Waals surface area contributed by atoms with Crippen LogP contribution < -0.4 is 0 Å². The smallest absolute Gasteiger partial charge is 0.168 e. The molecule has 2 heteroatoms. The van der Waals surface area contributed by atoms with Gasteiger partial charge in [0.2, 0.25) is 0 Å². The highest BCUT2D eigenvalue weighted by Gasteiger charge is 2.03. The monoisotopic (exact) mass is 194 g/mol. The van der Waals surface area contributed by atoms with Crippen LogP contribution in [0.3, 0.4) is 0 Å². The second-order valence-corrected chi connectivity index (χ2v) is 2.48. The number of hydrogen-bond donors (Lipinski definition) is 0. The Balaban J connectivity index is 0.000000791. The van der Waals surface area contributed by atoms with Crippen LogP contribution in [-0.2, 0) is 9.47 Å². The zero-order chi connectivity index (χ0) is 11.0. The van der Waals surface area contributed by atoms with Gasteiger partial charge in [0.15, 0.2) is 11.5 Å². The normalized spacial score (nSPS) is 13.9. The summed E-state index contributed by atoms with van der Waals surface area (Å²) in [4.78, 5) is 0. The lowest BCUT2D eigenvalue weighted by Gasteiger charge is -2.05. The van der Waals surface area contributed by atoms with Gasteiger partial charge in [0.25, 0.3) is 0 Å². The highest BCUT2D eigenvalue weighted by atomic mass is 16.5. The third-order valence-corrected chi connectivity index (χ3v) is 1.57. The lowest BCUT2D eigenvalue weighted by Crippen LogP contribution is -1.91. The van der Waals surface area contributed by atoms with Gasteiger partial charge in [-0.15, -0.1) is 5.73 Å². The number of hydrogen-bond acceptors (Lipinski definition) is 2. The lowest BCUT2D eigenvalue weighted by atomic mass is 10.2. The number of methoxy groups -OCH3 is 2. The van der Waals surface area contributed by atoms with Crippen molar-refractivity contribution >= 4 is 0 Å². The molecular weight excluding hydrogens is 176 g/mol. The molecule has 0 radical (unpaired) electrons. The van der Waals surface area contributed by atoms with Crippen molar-refractivity contribution < 1.29 is 9.47 Å². The van der Waals surface area contributed by atoms with Crippen molar-refractivity contribution in [2.24, 2.45) is 0 Å². The summed E-state index contributed by atoms with van der Waals surface area (Å²) >= 11 is 0. The summed E-state index contributed by atoms with van der Waals surface area (Å²) in [7, 11) is 3.23. The van der Waals surface area contributed by atoms with E-state index >= 15 is 0 Å². The Labute approximate surface area is 86.2 Å². The summed E-state index contributed by atoms with van der Waals surface area (Å²) in [6.07, 6.45) is 5.55. The highest BCUT2D eigenvalue weighted by molar-refractivity contribution is 5.34. The second kappa shape index (κ2) is 7.05. The predicted molar refractivity (Wildman–Crippen MR) is 58.8 cm³/mol. The number of ether oxygens (including phenoxy) is 2. The van der Waals surface area contributed by atoms with Crippen LogP contribution in [0.2, 0.25) is 0 Å². The molecule has 0 aliphatic heterocycles. The first-order valence-electron chi connectivity index (χ1n) is 4.71. The maximum absolute atomic E-state index is 5.13. The molecule has 0 unspecified atom stereocenters. The second-order valence-electron chi connectivity index (χ2n) is 2.48. The van der Waals surface area contributed by atoms with Gasteiger partial charge in [0, 0.05) is 6.08 Å². The first kappa shape index (κ1) is 12.6. The Hall–Kier alpha value is -1.40. The molecule has 0 saturated heterocycles. The van der Waals surface area contributed by atoms with Gasteiger partial charge in [-0.1, -0.05) is 13.8 Å². The maximum Gasteiger partial charge on any atom is 0.168 e. The molecule has 0 spiro atoms. The first-order chi connectivity index (χ1) is 6.77. The Morgan fingerprint density at radius 3 is 2.07 bits per heavy atom. The van der Waals surface area contributed by atoms with E-state index in [1.807, 2.05) is 32.9 Å². The third-order valence-electron chi connectivity index (χ3n) is 1.57. The minimum atomic E-state index is 0.700. The number of rotatable bonds is 2. The Bertz CT molecular complexity index is 289. The molecule has 0 amide bonds. The molecule has 1 rings (SSSR count). The van der Waals surface area contributed by atoms with E-state index in [2.05, 4.69) is 5.73 Å². The minimum Gasteiger partial charge on any atom is -0.493 e. The molecule has 0 fully saturated rings. The Kier molecular flexibility index (Phi) is 6.34. The van der Waals surface area contributed by atoms with Crippen molar-refractivity contribution in [2.75, 3.05) is 14.2 Å². The van der Waals surface area contributed by atoms with Crippen molar-refractivity contribution in [3.63, 3.8) is 0 Å². The van der Waals surface area contributed by atoms with Gasteiger partial charge in [-0.25, -0.2) is 0 Å². The fourth-order valence-corrected chi connectivity index (χ4v) is 0.959. The molecule has 0 heterocycles. The van der Waals surface area contributed by atoms with E-state index in [9.17, 15) is 0 Å². The first-order valence-corrected chi connectivity index (χ1v) is 4.71. The van der Waals surface area contributed by atoms with Crippen LogP contribution in [0, 0.1) is 0 Å². The molecule has 1 aliphatic carbocycles. The highest BCUT2D eigenvalue weighted by Crippen LogP contribution is 2.14. The van der Waals surface area contributed by atoms with Gasteiger partial charge in [-0.05, 0) is 24.6 Å². The van der Waals surface area contributed by atoms with Gasteiger partial charge in [-0.2, -0.15) is 0 Å². The molecule has 0 N–H and O–H groups in total. The van der Waals surface area contributed by atoms with Crippen LogP contribution in [0.5, 0.6) is 0 Å². The van der Waals surface area contributed by atoms with Crippen LogP contribution in [0.15, 0.2) is 41.1 Å². The van der Waals surface area contributed by atoms with E-state index in [-0.39, 0.29) is 0 Å². The molecule has 0 bridgehead atoms. The number of allylic oxidation sites excluding steroid dienone is 3. The van der Waals surface area contributed by atoms with E-state index in [0.29, 0.717) is 5.76 Å². The van der Waals surface area contributed by atoms with E-state index in [0.717, 1.165) is 11.3 Å². The zero-order valence-electron chi connectivity index (χ0n) is 9.55. The van der Waals surface area contributed by atoms with Crippen molar-refractivity contribution in [1.82, 2.24) is 0 Å². The summed E-state index contributed by atoms with van der Waals surface area (Å²) in [6.45, 7) is 5.98. The van der Waals surface area contributed by atoms with Crippen molar-refractivity contribution in [3.05, 3.63) is 41.1 Å². The summed E-state index contributed by atoms with van der Waals surface area (Å²) in [5.74, 6) is 1.43. The minimum absolute atomic E-state index is 0.700. The van der Waals surface area contributed by atoms with Crippen molar-refractivity contribution in [3.8, 4) is 0 Å². The average molecular weight is 194 g/mol. The fourth-order valence-electron chi connectivity index (χ4n) is 0.959. The molecular formula is C12H18O2. The molecule has 1 aliphatic rings. The predicted octanol–water partition coefficient (Wildman–Crippen LogP) is 3.19. The third kappa shape index (κ3) is 3.55. The van der Waals surface area contributed by atoms with Gasteiger partial charge < -0.3 is 9.47 Å². The SMILES string of the molecule is CC.COC1=C(OC)C=C(C)C=C=C1. The largest absolute Gasteiger partial charge is 0.493 e. The van der Waals surface area contributed by atoms with Crippen LogP contribution in [0.4, 0.5) is 0 Å². The van der Waals surface area contributed by atoms with E-state index in [1.165, 1.54) is 0 Å². The summed E-state index contributed by atoms with van der Waals surface area (Å²) < 4.78 is 10.2. The average Bonchev–Trinajstić information content (AvgIpc) is 2.42. The Morgan fingerprint density at radius 2 is 1.57 bits per heavy atom. The molecule has 14 heavy (non-hydrogen) atoms. The maximum atomic E-state index is 5.13. The van der Waals surface area contributed by atoms with Crippen LogP contribution in [0.1, 0.15) is 20.8 Å². The molecule has 0 aromatic rings. The van der Waals surface area contributed by atoms with Gasteiger partial charge >= 0.3 is 0 Å². The molecule has 0 saturated carbocycles. The van der Waals surface area contributed by atoms with Crippen LogP contribution >= 0.6 is 0 Å². The lowest BCUT2D eigenvalue weighted by molar-refractivity contribution is 0.242. The fraction of sp³-hybridized carbons (Fsp3) is 0.417. The molecule has 0 atom stereocenters. The summed E-state index contributed by atoms with van der Waals surface area (Å²) in [5, 5.41) is 0. The standard InChI is InChI=1S/C10H12O2.C2H6/c1-8-5-4-6-9(11-2)10(7-8)12-3;1-2/h5-7H,1-3H3;1-2H3. The van der Waals surface area contributed by atoms with Crippen molar-refractivity contribution in [1.29, 1.82) is 0 Å². The van der Waals surface area contributed by atoms with E-state index in [4.69, 9.17) is 9.47 Å². The van der Waals surface area contributed by atoms with Crippen molar-refractivity contribution in [2.45, 2.75) is 20.8 Å². The summed E-state index contributed by atoms with van der Waals surface area (Å²) in [5.41, 5.74) is 4.07. The van der Waals surface area contributed by atoms with Crippen LogP contribution in [-0.4, -0.2) is 14.2 Å². The zero-order valence-corrected chi connectivity index (χ0v) is 9.55. The topological polar surface area (TPSA) is 18.5 Å². The molecule has 0 aromatic heterocycles. The molecule has 2 nitrogen and oxygen atoms in total. The van der Waals surface area contributed by atoms with E-state index in [1.54, 1.807) is 20.3 Å². The quantitative estimate of drug-likeness (QED) is 0.628. The van der Waals surface area contributed by atoms with Gasteiger partial charge in [-0.3, -0.25) is 0 Å². The van der Waals surface area contributed by atoms with Gasteiger partial charge in [0.05, 0.1) is 14.2 Å². The van der Waals surface area contributed by atoms with E-state index < -0.39 is 0 Å². The van der Waals surface area contributed by atoms with Gasteiger partial charge in [0.1, 0.15) is 0 Å². The Morgan fingerprint density at radius 1 is 1.00 bits per heavy atom. The molecule has 78 valence electrons. The summed E-state index contributed by atoms with van der Waals surface area (Å²) in [6, 6.07) is 0.